The molecule has 1 aromatic carbocycles. The zero-order chi connectivity index (χ0) is 14.0. The van der Waals surface area contributed by atoms with Gasteiger partial charge < -0.3 is 5.11 Å². The Hall–Kier alpha value is -1.60. The van der Waals surface area contributed by atoms with E-state index in [1.807, 2.05) is 0 Å². The first-order valence-corrected chi connectivity index (χ1v) is 6.53. The number of carbonyl (C=O) groups is 1. The van der Waals surface area contributed by atoms with E-state index in [1.165, 1.54) is 44.1 Å². The van der Waals surface area contributed by atoms with Gasteiger partial charge in [0, 0.05) is 12.8 Å². The molecule has 0 aliphatic carbocycles. The van der Waals surface area contributed by atoms with Crippen LogP contribution in [0.25, 0.3) is 0 Å². The number of aliphatic imine (C=N–C) groups is 1. The van der Waals surface area contributed by atoms with E-state index in [1.54, 1.807) is 0 Å². The van der Waals surface area contributed by atoms with Crippen LogP contribution in [0.5, 0.6) is 5.75 Å². The molecule has 1 aromatic rings. The molecule has 1 aliphatic heterocycles. The van der Waals surface area contributed by atoms with Crippen LogP contribution in [0.2, 0.25) is 0 Å². The minimum absolute atomic E-state index is 0.0443. The lowest BCUT2D eigenvalue weighted by atomic mass is 10.2. The van der Waals surface area contributed by atoms with Crippen molar-refractivity contribution in [3.63, 3.8) is 0 Å². The summed E-state index contributed by atoms with van der Waals surface area (Å²) in [6, 6.07) is 3.42. The number of carbonyl (C=O) groups excluding carboxylic acids is 1. The maximum absolute atomic E-state index is 13.7. The molecular formula is C12H13FN2O3S. The fourth-order valence-corrected chi connectivity index (χ4v) is 2.74. The van der Waals surface area contributed by atoms with Crippen LogP contribution in [0.1, 0.15) is 5.56 Å². The van der Waals surface area contributed by atoms with Crippen LogP contribution >= 0.6 is 11.8 Å². The third-order valence-electron chi connectivity index (χ3n) is 2.73. The highest BCUT2D eigenvalue weighted by Gasteiger charge is 2.30. The summed E-state index contributed by atoms with van der Waals surface area (Å²) < 4.78 is 13.7. The first-order chi connectivity index (χ1) is 9.04. The number of hydrogen-bond donors (Lipinski definition) is 1. The maximum atomic E-state index is 13.7. The van der Waals surface area contributed by atoms with Crippen molar-refractivity contribution in [2.24, 2.45) is 4.99 Å². The Morgan fingerprint density at radius 1 is 1.63 bits per heavy atom. The molecule has 102 valence electrons. The quantitative estimate of drug-likeness (QED) is 0.853. The second-order valence-corrected chi connectivity index (χ2v) is 4.92. The number of likely N-dealkylation sites (N-methyl/N-ethyl adjacent to an activating group) is 1. The minimum atomic E-state index is -0.621. The lowest BCUT2D eigenvalue weighted by Crippen LogP contribution is -2.34. The van der Waals surface area contributed by atoms with Crippen LogP contribution in [-0.4, -0.2) is 47.1 Å². The van der Waals surface area contributed by atoms with E-state index < -0.39 is 11.9 Å². The summed E-state index contributed by atoms with van der Waals surface area (Å²) in [7, 11) is 2.87. The van der Waals surface area contributed by atoms with Gasteiger partial charge in [-0.05, 0) is 12.1 Å². The van der Waals surface area contributed by atoms with Crippen molar-refractivity contribution in [3.05, 3.63) is 29.6 Å². The Balaban J connectivity index is 2.27. The molecule has 0 aromatic heterocycles. The molecule has 0 saturated heterocycles. The second kappa shape index (κ2) is 5.58. The number of phenolic OH excluding ortho intramolecular Hbond substituents is 1. The van der Waals surface area contributed by atoms with E-state index in [4.69, 9.17) is 4.84 Å². The average molecular weight is 284 g/mol. The average Bonchev–Trinajstić information content (AvgIpc) is 2.86. The highest BCUT2D eigenvalue weighted by molar-refractivity contribution is 8.14. The smallest absolute Gasteiger partial charge is 0.271 e. The van der Waals surface area contributed by atoms with Crippen molar-refractivity contribution in [1.29, 1.82) is 0 Å². The van der Waals surface area contributed by atoms with E-state index in [0.717, 1.165) is 5.06 Å². The molecule has 1 N–H and O–H groups in total. The molecule has 1 unspecified atom stereocenters. The number of rotatable bonds is 3. The zero-order valence-corrected chi connectivity index (χ0v) is 11.3. The zero-order valence-electron chi connectivity index (χ0n) is 10.5. The third kappa shape index (κ3) is 2.71. The topological polar surface area (TPSA) is 62.1 Å². The van der Waals surface area contributed by atoms with Crippen LogP contribution in [0.3, 0.4) is 0 Å². The summed E-state index contributed by atoms with van der Waals surface area (Å²) in [4.78, 5) is 20.8. The molecule has 1 amide bonds. The molecule has 1 heterocycles. The molecule has 7 heteroatoms. The summed E-state index contributed by atoms with van der Waals surface area (Å²) in [6.07, 6.45) is 0. The van der Waals surface area contributed by atoms with Crippen molar-refractivity contribution < 1.29 is 19.1 Å². The Labute approximate surface area is 114 Å². The van der Waals surface area contributed by atoms with Crippen molar-refractivity contribution >= 4 is 22.7 Å². The molecular weight excluding hydrogens is 271 g/mol. The predicted octanol–water partition coefficient (Wildman–Crippen LogP) is 1.41. The fraction of sp³-hybridized carbons (Fsp3) is 0.333. The molecule has 1 atom stereocenters. The van der Waals surface area contributed by atoms with Gasteiger partial charge in [-0.3, -0.25) is 14.6 Å². The molecule has 0 fully saturated rings. The standard InChI is InChI=1S/C12H13FN2O3S/c1-15(18-2)12(17)8-6-19-11(14-8)10-7(13)4-3-5-9(10)16/h3-5,8,16H,6H2,1-2H3. The first-order valence-electron chi connectivity index (χ1n) is 5.54. The Morgan fingerprint density at radius 2 is 2.37 bits per heavy atom. The SMILES string of the molecule is CON(C)C(=O)C1CSC(c2c(O)cccc2F)=N1. The van der Waals surface area contributed by atoms with Gasteiger partial charge in [0.15, 0.2) is 0 Å². The van der Waals surface area contributed by atoms with Crippen LogP contribution in [0.4, 0.5) is 4.39 Å². The third-order valence-corrected chi connectivity index (χ3v) is 3.79. The lowest BCUT2D eigenvalue weighted by Gasteiger charge is -2.15. The molecule has 19 heavy (non-hydrogen) atoms. The van der Waals surface area contributed by atoms with Crippen molar-refractivity contribution in [2.75, 3.05) is 19.9 Å². The number of benzene rings is 1. The first kappa shape index (κ1) is 13.8. The Kier molecular flexibility index (Phi) is 4.06. The highest BCUT2D eigenvalue weighted by atomic mass is 32.2. The van der Waals surface area contributed by atoms with Gasteiger partial charge in [-0.15, -0.1) is 11.8 Å². The van der Waals surface area contributed by atoms with E-state index in [2.05, 4.69) is 4.99 Å². The van der Waals surface area contributed by atoms with Crippen molar-refractivity contribution in [2.45, 2.75) is 6.04 Å². The second-order valence-electron chi connectivity index (χ2n) is 3.91. The van der Waals surface area contributed by atoms with E-state index in [-0.39, 0.29) is 17.2 Å². The van der Waals surface area contributed by atoms with Gasteiger partial charge in [0.25, 0.3) is 5.91 Å². The van der Waals surface area contributed by atoms with Crippen molar-refractivity contribution in [1.82, 2.24) is 5.06 Å². The van der Waals surface area contributed by atoms with Crippen LogP contribution in [0, 0.1) is 5.82 Å². The van der Waals surface area contributed by atoms with Gasteiger partial charge in [-0.2, -0.15) is 0 Å². The lowest BCUT2D eigenvalue weighted by molar-refractivity contribution is -0.169. The van der Waals surface area contributed by atoms with Crippen LogP contribution < -0.4 is 0 Å². The minimum Gasteiger partial charge on any atom is -0.507 e. The molecule has 1 aliphatic rings. The molecule has 0 saturated carbocycles. The summed E-state index contributed by atoms with van der Waals surface area (Å²) in [5.41, 5.74) is 0.0443. The van der Waals surface area contributed by atoms with Gasteiger partial charge in [-0.25, -0.2) is 9.45 Å². The summed E-state index contributed by atoms with van der Waals surface area (Å²) in [6.45, 7) is 0. The number of hydrogen-bond acceptors (Lipinski definition) is 5. The number of hydroxylamine groups is 2. The van der Waals surface area contributed by atoms with Gasteiger partial charge in [0.1, 0.15) is 22.7 Å². The van der Waals surface area contributed by atoms with Crippen LogP contribution in [0.15, 0.2) is 23.2 Å². The molecule has 0 spiro atoms. The number of aromatic hydroxyl groups is 1. The van der Waals surface area contributed by atoms with Gasteiger partial charge in [-0.1, -0.05) is 6.07 Å². The van der Waals surface area contributed by atoms with Gasteiger partial charge in [0.2, 0.25) is 0 Å². The number of halogens is 1. The predicted molar refractivity (Wildman–Crippen MR) is 70.6 cm³/mol. The highest BCUT2D eigenvalue weighted by Crippen LogP contribution is 2.30. The van der Waals surface area contributed by atoms with E-state index >= 15 is 0 Å². The molecule has 0 radical (unpaired) electrons. The van der Waals surface area contributed by atoms with Crippen molar-refractivity contribution in [3.8, 4) is 5.75 Å². The van der Waals surface area contributed by atoms with Gasteiger partial charge >= 0.3 is 0 Å². The molecule has 5 nitrogen and oxygen atoms in total. The maximum Gasteiger partial charge on any atom is 0.271 e. The number of phenols is 1. The summed E-state index contributed by atoms with van der Waals surface area (Å²) in [5, 5.41) is 11.1. The number of nitrogens with zero attached hydrogens (tertiary/aromatic N) is 2. The number of amides is 1. The Bertz CT molecular complexity index is 515. The normalized spacial score (nSPS) is 18.3. The van der Waals surface area contributed by atoms with Gasteiger partial charge in [0.05, 0.1) is 12.7 Å². The van der Waals surface area contributed by atoms with Crippen LogP contribution in [-0.2, 0) is 9.63 Å². The monoisotopic (exact) mass is 284 g/mol. The molecule has 0 bridgehead atoms. The fourth-order valence-electron chi connectivity index (χ4n) is 1.66. The largest absolute Gasteiger partial charge is 0.507 e. The summed E-state index contributed by atoms with van der Waals surface area (Å²) >= 11 is 1.24. The summed E-state index contributed by atoms with van der Waals surface area (Å²) in [5.74, 6) is -0.643. The van der Waals surface area contributed by atoms with E-state index in [9.17, 15) is 14.3 Å². The molecule has 2 rings (SSSR count). The Morgan fingerprint density at radius 3 is 3.00 bits per heavy atom. The van der Waals surface area contributed by atoms with E-state index in [0.29, 0.717) is 10.8 Å². The number of thioether (sulfide) groups is 1.